The Kier molecular flexibility index (Phi) is 2.54. The molecular weight excluding hydrogens is 128 g/mol. The molecule has 0 saturated heterocycles. The van der Waals surface area contributed by atoms with Crippen LogP contribution >= 0.6 is 0 Å². The molecule has 10 heavy (non-hydrogen) atoms. The summed E-state index contributed by atoms with van der Waals surface area (Å²) >= 11 is 0. The van der Waals surface area contributed by atoms with Gasteiger partial charge < -0.3 is 5.11 Å². The van der Waals surface area contributed by atoms with Crippen LogP contribution < -0.4 is 0 Å². The van der Waals surface area contributed by atoms with Gasteiger partial charge in [0.25, 0.3) is 0 Å². The second-order valence-corrected chi connectivity index (χ2v) is 3.87. The summed E-state index contributed by atoms with van der Waals surface area (Å²) in [4.78, 5) is 0. The van der Waals surface area contributed by atoms with Gasteiger partial charge in [0.1, 0.15) is 0 Å². The highest BCUT2D eigenvalue weighted by Crippen LogP contribution is 2.11. The Morgan fingerprint density at radius 2 is 1.30 bits per heavy atom. The lowest BCUT2D eigenvalue weighted by Crippen LogP contribution is -2.17. The zero-order valence-electron chi connectivity index (χ0n) is 7.34. The molecule has 0 bridgehead atoms. The van der Waals surface area contributed by atoms with Crippen molar-refractivity contribution in [3.63, 3.8) is 0 Å². The van der Waals surface area contributed by atoms with Crippen LogP contribution in [-0.2, 0) is 0 Å². The third kappa shape index (κ3) is 7.56. The normalized spacial score (nSPS) is 14.6. The van der Waals surface area contributed by atoms with Gasteiger partial charge in [-0.1, -0.05) is 0 Å². The molecule has 0 amide bonds. The maximum absolute atomic E-state index is 9.12. The highest BCUT2D eigenvalue weighted by molar-refractivity contribution is 4.69. The topological polar surface area (TPSA) is 45.0 Å². The number of nitrogens with zero attached hydrogens (tertiary/aromatic N) is 2. The first-order chi connectivity index (χ1) is 4.21. The summed E-state index contributed by atoms with van der Waals surface area (Å²) in [7, 11) is 0. The van der Waals surface area contributed by atoms with Crippen molar-refractivity contribution >= 4 is 0 Å². The van der Waals surface area contributed by atoms with E-state index in [2.05, 4.69) is 10.2 Å². The molecule has 0 fully saturated rings. The molecule has 0 spiro atoms. The summed E-state index contributed by atoms with van der Waals surface area (Å²) in [5, 5.41) is 16.7. The summed E-state index contributed by atoms with van der Waals surface area (Å²) in [6.07, 6.45) is 0. The molecule has 0 heterocycles. The largest absolute Gasteiger partial charge is 0.368 e. The van der Waals surface area contributed by atoms with Gasteiger partial charge in [-0.05, 0) is 34.6 Å². The van der Waals surface area contributed by atoms with Gasteiger partial charge in [-0.3, -0.25) is 0 Å². The van der Waals surface area contributed by atoms with Gasteiger partial charge in [-0.25, -0.2) is 0 Å². The molecule has 0 rings (SSSR count). The van der Waals surface area contributed by atoms with Crippen molar-refractivity contribution in [3.8, 4) is 0 Å². The van der Waals surface area contributed by atoms with Crippen LogP contribution in [0.5, 0.6) is 0 Å². The van der Waals surface area contributed by atoms with Crippen LogP contribution in [0.3, 0.4) is 0 Å². The Morgan fingerprint density at radius 1 is 0.900 bits per heavy atom. The molecule has 0 aromatic carbocycles. The van der Waals surface area contributed by atoms with Gasteiger partial charge in [-0.2, -0.15) is 10.2 Å². The summed E-state index contributed by atoms with van der Waals surface area (Å²) in [5.74, 6) is 0. The second kappa shape index (κ2) is 2.66. The van der Waals surface area contributed by atoms with Gasteiger partial charge in [0, 0.05) is 0 Å². The standard InChI is InChI=1S/C7H16N2O/c1-6(2,3)8-9-7(4,5)10/h10H,1-5H3/b9-8+. The lowest BCUT2D eigenvalue weighted by molar-refractivity contribution is 0.0788. The van der Waals surface area contributed by atoms with Crippen molar-refractivity contribution in [1.29, 1.82) is 0 Å². The number of azo groups is 1. The van der Waals surface area contributed by atoms with Gasteiger partial charge in [0.2, 0.25) is 0 Å². The second-order valence-electron chi connectivity index (χ2n) is 3.87. The predicted molar refractivity (Wildman–Crippen MR) is 40.9 cm³/mol. The van der Waals surface area contributed by atoms with Crippen LogP contribution in [0.25, 0.3) is 0 Å². The van der Waals surface area contributed by atoms with E-state index in [0.717, 1.165) is 0 Å². The summed E-state index contributed by atoms with van der Waals surface area (Å²) < 4.78 is 0. The highest BCUT2D eigenvalue weighted by Gasteiger charge is 2.13. The van der Waals surface area contributed by atoms with Crippen molar-refractivity contribution in [2.75, 3.05) is 0 Å². The summed E-state index contributed by atoms with van der Waals surface area (Å²) in [6.45, 7) is 9.00. The quantitative estimate of drug-likeness (QED) is 0.562. The zero-order valence-corrected chi connectivity index (χ0v) is 7.34. The molecule has 0 aromatic rings. The van der Waals surface area contributed by atoms with E-state index in [1.807, 2.05) is 20.8 Å². The van der Waals surface area contributed by atoms with Crippen LogP contribution in [0.15, 0.2) is 10.2 Å². The summed E-state index contributed by atoms with van der Waals surface area (Å²) in [6, 6.07) is 0. The fourth-order valence-corrected chi connectivity index (χ4v) is 0.272. The lowest BCUT2D eigenvalue weighted by atomic mass is 10.1. The minimum Gasteiger partial charge on any atom is -0.368 e. The number of hydrogen-bond donors (Lipinski definition) is 1. The van der Waals surface area contributed by atoms with Crippen molar-refractivity contribution in [3.05, 3.63) is 0 Å². The van der Waals surface area contributed by atoms with E-state index < -0.39 is 5.72 Å². The molecule has 0 atom stereocenters. The van der Waals surface area contributed by atoms with Crippen molar-refractivity contribution < 1.29 is 5.11 Å². The number of rotatable bonds is 1. The number of aliphatic hydroxyl groups is 1. The van der Waals surface area contributed by atoms with E-state index in [1.54, 1.807) is 13.8 Å². The predicted octanol–water partition coefficient (Wildman–Crippen LogP) is 1.97. The maximum atomic E-state index is 9.12. The van der Waals surface area contributed by atoms with Gasteiger partial charge in [0.05, 0.1) is 5.54 Å². The minimum atomic E-state index is -1.03. The molecule has 1 N–H and O–H groups in total. The third-order valence-corrected chi connectivity index (χ3v) is 0.595. The SMILES string of the molecule is CC(C)(C)/N=N/C(C)(C)O. The Morgan fingerprint density at radius 3 is 1.40 bits per heavy atom. The molecule has 0 saturated carbocycles. The molecule has 0 aliphatic rings. The van der Waals surface area contributed by atoms with Gasteiger partial charge in [-0.15, -0.1) is 0 Å². The van der Waals surface area contributed by atoms with Crippen LogP contribution in [0.1, 0.15) is 34.6 Å². The van der Waals surface area contributed by atoms with E-state index in [-0.39, 0.29) is 5.54 Å². The first-order valence-corrected chi connectivity index (χ1v) is 3.37. The molecule has 3 nitrogen and oxygen atoms in total. The van der Waals surface area contributed by atoms with E-state index in [1.165, 1.54) is 0 Å². The average molecular weight is 144 g/mol. The van der Waals surface area contributed by atoms with Crippen LogP contribution in [0, 0.1) is 0 Å². The lowest BCUT2D eigenvalue weighted by Gasteiger charge is -2.14. The highest BCUT2D eigenvalue weighted by atomic mass is 16.3. The first kappa shape index (κ1) is 9.56. The van der Waals surface area contributed by atoms with Crippen LogP contribution in [0.2, 0.25) is 0 Å². The fourth-order valence-electron chi connectivity index (χ4n) is 0.272. The smallest absolute Gasteiger partial charge is 0.170 e. The zero-order chi connectivity index (χ0) is 8.41. The molecular formula is C7H16N2O. The minimum absolute atomic E-state index is 0.194. The van der Waals surface area contributed by atoms with E-state index in [4.69, 9.17) is 5.11 Å². The van der Waals surface area contributed by atoms with Gasteiger partial charge in [0.15, 0.2) is 5.72 Å². The Hall–Kier alpha value is -0.440. The molecule has 60 valence electrons. The molecule has 0 aromatic heterocycles. The molecule has 3 heteroatoms. The molecule has 0 radical (unpaired) electrons. The van der Waals surface area contributed by atoms with E-state index in [9.17, 15) is 0 Å². The van der Waals surface area contributed by atoms with Crippen LogP contribution in [-0.4, -0.2) is 16.4 Å². The number of hydrogen-bond acceptors (Lipinski definition) is 3. The molecule has 0 aliphatic heterocycles. The maximum Gasteiger partial charge on any atom is 0.170 e. The van der Waals surface area contributed by atoms with E-state index >= 15 is 0 Å². The van der Waals surface area contributed by atoms with Gasteiger partial charge >= 0.3 is 0 Å². The first-order valence-electron chi connectivity index (χ1n) is 3.37. The Balaban J connectivity index is 4.01. The van der Waals surface area contributed by atoms with Crippen molar-refractivity contribution in [2.24, 2.45) is 10.2 Å². The monoisotopic (exact) mass is 144 g/mol. The van der Waals surface area contributed by atoms with Crippen molar-refractivity contribution in [2.45, 2.75) is 45.9 Å². The van der Waals surface area contributed by atoms with Crippen LogP contribution in [0.4, 0.5) is 0 Å². The third-order valence-electron chi connectivity index (χ3n) is 0.595. The molecule has 0 aliphatic carbocycles. The molecule has 0 unspecified atom stereocenters. The fraction of sp³-hybridized carbons (Fsp3) is 1.00. The average Bonchev–Trinajstić information content (AvgIpc) is 1.57. The summed E-state index contributed by atoms with van der Waals surface area (Å²) in [5.41, 5.74) is -1.23. The Bertz CT molecular complexity index is 112. The van der Waals surface area contributed by atoms with E-state index in [0.29, 0.717) is 0 Å². The van der Waals surface area contributed by atoms with Crippen molar-refractivity contribution in [1.82, 2.24) is 0 Å². The Labute approximate surface area is 62.2 Å².